The number of nitrogens with zero attached hydrogens (tertiary/aromatic N) is 1. The minimum atomic E-state index is -0.538. The molecule has 0 radical (unpaired) electrons. The molecule has 156 valence electrons. The fraction of sp³-hybridized carbons (Fsp3) is 0.292. The van der Waals surface area contributed by atoms with E-state index < -0.39 is 17.9 Å². The number of nitrogens with one attached hydrogen (secondary N) is 1. The van der Waals surface area contributed by atoms with E-state index in [1.807, 2.05) is 63.2 Å². The minimum Gasteiger partial charge on any atom is -0.455 e. The lowest BCUT2D eigenvalue weighted by Crippen LogP contribution is -2.33. The summed E-state index contributed by atoms with van der Waals surface area (Å²) in [4.78, 5) is 38.3. The number of carbonyl (C=O) groups excluding carboxylic acids is 3. The van der Waals surface area contributed by atoms with Crippen LogP contribution in [0.15, 0.2) is 42.6 Å². The summed E-state index contributed by atoms with van der Waals surface area (Å²) in [7, 11) is 0. The number of esters is 1. The van der Waals surface area contributed by atoms with E-state index in [2.05, 4.69) is 5.32 Å². The van der Waals surface area contributed by atoms with E-state index in [9.17, 15) is 14.4 Å². The molecule has 1 aliphatic rings. The topological polar surface area (TPSA) is 75.7 Å². The first kappa shape index (κ1) is 21.3. The Labute approximate surface area is 176 Å². The zero-order chi connectivity index (χ0) is 21.8. The first-order valence-electron chi connectivity index (χ1n) is 9.85. The third-order valence-corrected chi connectivity index (χ3v) is 5.13. The number of benzene rings is 2. The number of hydrogen-bond acceptors (Lipinski definition) is 4. The van der Waals surface area contributed by atoms with Gasteiger partial charge in [-0.05, 0) is 49.1 Å². The van der Waals surface area contributed by atoms with E-state index in [4.69, 9.17) is 4.74 Å². The normalized spacial score (nSPS) is 14.8. The van der Waals surface area contributed by atoms with Crippen LogP contribution in [0.4, 0.5) is 5.69 Å². The predicted octanol–water partition coefficient (Wildman–Crippen LogP) is 4.06. The Hall–Kier alpha value is -3.41. The monoisotopic (exact) mass is 406 g/mol. The van der Waals surface area contributed by atoms with E-state index in [-0.39, 0.29) is 18.9 Å². The molecule has 2 amide bonds. The van der Waals surface area contributed by atoms with Gasteiger partial charge in [0, 0.05) is 18.8 Å². The molecule has 0 aromatic heterocycles. The number of hydrogen-bond donors (Lipinski definition) is 1. The van der Waals surface area contributed by atoms with Gasteiger partial charge >= 0.3 is 5.97 Å². The molecule has 0 saturated carbocycles. The van der Waals surface area contributed by atoms with Crippen LogP contribution in [-0.4, -0.2) is 29.3 Å². The summed E-state index contributed by atoms with van der Waals surface area (Å²) in [5.41, 5.74) is 5.59. The molecule has 0 unspecified atom stereocenters. The highest BCUT2D eigenvalue weighted by Crippen LogP contribution is 2.33. The van der Waals surface area contributed by atoms with Crippen LogP contribution in [0.25, 0.3) is 6.08 Å². The summed E-state index contributed by atoms with van der Waals surface area (Å²) in [6.45, 7) is 6.92. The molecule has 3 rings (SSSR count). The van der Waals surface area contributed by atoms with Crippen molar-refractivity contribution in [1.29, 1.82) is 0 Å². The van der Waals surface area contributed by atoms with E-state index in [1.54, 1.807) is 6.20 Å². The van der Waals surface area contributed by atoms with Gasteiger partial charge in [0.2, 0.25) is 5.91 Å². The molecular weight excluding hydrogens is 380 g/mol. The van der Waals surface area contributed by atoms with Crippen LogP contribution in [0.5, 0.6) is 0 Å². The lowest BCUT2D eigenvalue weighted by molar-refractivity contribution is -0.149. The smallest absolute Gasteiger partial charge is 0.308 e. The summed E-state index contributed by atoms with van der Waals surface area (Å²) in [6.07, 6.45) is 3.49. The molecule has 6 heteroatoms. The van der Waals surface area contributed by atoms with Crippen molar-refractivity contribution in [2.45, 2.75) is 40.2 Å². The number of fused-ring (bicyclic) bond motifs is 1. The molecule has 1 N–H and O–H groups in total. The first-order chi connectivity index (χ1) is 14.3. The van der Waals surface area contributed by atoms with Crippen molar-refractivity contribution in [2.24, 2.45) is 0 Å². The summed E-state index contributed by atoms with van der Waals surface area (Å²) in [5, 5.41) is 2.82. The molecule has 0 aliphatic carbocycles. The third kappa shape index (κ3) is 4.76. The molecule has 1 aliphatic heterocycles. The maximum absolute atomic E-state index is 12.5. The van der Waals surface area contributed by atoms with Crippen molar-refractivity contribution in [3.05, 3.63) is 70.4 Å². The van der Waals surface area contributed by atoms with Gasteiger partial charge < -0.3 is 15.0 Å². The Morgan fingerprint density at radius 1 is 1.07 bits per heavy atom. The molecule has 0 saturated heterocycles. The zero-order valence-corrected chi connectivity index (χ0v) is 17.7. The standard InChI is InChI=1S/C24H26N2O4/c1-15-11-16(2)24(17(3)12-15)25-22(28)14-30-23(29)13-21-20-8-6-5-7-19(20)9-10-26(21)18(4)27/h5-12,21H,13-14H2,1-4H3,(H,25,28)/t21-/m1/s1. The summed E-state index contributed by atoms with van der Waals surface area (Å²) < 4.78 is 5.21. The highest BCUT2D eigenvalue weighted by molar-refractivity contribution is 5.94. The number of carbonyl (C=O) groups is 3. The maximum atomic E-state index is 12.5. The molecule has 0 fully saturated rings. The highest BCUT2D eigenvalue weighted by Gasteiger charge is 2.29. The zero-order valence-electron chi connectivity index (χ0n) is 17.7. The van der Waals surface area contributed by atoms with Gasteiger partial charge in [-0.15, -0.1) is 0 Å². The van der Waals surface area contributed by atoms with E-state index in [0.717, 1.165) is 33.5 Å². The number of rotatable bonds is 5. The average Bonchev–Trinajstić information content (AvgIpc) is 2.69. The van der Waals surface area contributed by atoms with Crippen molar-refractivity contribution >= 4 is 29.5 Å². The molecule has 2 aromatic rings. The molecule has 1 heterocycles. The van der Waals surface area contributed by atoms with Gasteiger partial charge in [0.1, 0.15) is 0 Å². The van der Waals surface area contributed by atoms with Crippen molar-refractivity contribution < 1.29 is 19.1 Å². The molecule has 30 heavy (non-hydrogen) atoms. The Balaban J connectivity index is 1.63. The van der Waals surface area contributed by atoms with Crippen LogP contribution in [-0.2, 0) is 19.1 Å². The van der Waals surface area contributed by atoms with Gasteiger partial charge in [-0.1, -0.05) is 42.0 Å². The second-order valence-corrected chi connectivity index (χ2v) is 7.57. The van der Waals surface area contributed by atoms with E-state index >= 15 is 0 Å². The second-order valence-electron chi connectivity index (χ2n) is 7.57. The van der Waals surface area contributed by atoms with Crippen molar-refractivity contribution in [3.8, 4) is 0 Å². The quantitative estimate of drug-likeness (QED) is 0.760. The Morgan fingerprint density at radius 3 is 2.40 bits per heavy atom. The number of anilines is 1. The van der Waals surface area contributed by atoms with Crippen LogP contribution in [0.1, 0.15) is 47.2 Å². The second kappa shape index (κ2) is 8.95. The fourth-order valence-electron chi connectivity index (χ4n) is 3.83. The van der Waals surface area contributed by atoms with Crippen molar-refractivity contribution in [3.63, 3.8) is 0 Å². The SMILES string of the molecule is CC(=O)N1C=Cc2ccccc2[C@H]1CC(=O)OCC(=O)Nc1c(C)cc(C)cc1C. The van der Waals surface area contributed by atoms with E-state index in [0.29, 0.717) is 0 Å². The lowest BCUT2D eigenvalue weighted by Gasteiger charge is -2.32. The van der Waals surface area contributed by atoms with Gasteiger partial charge in [-0.25, -0.2) is 0 Å². The van der Waals surface area contributed by atoms with Crippen molar-refractivity contribution in [1.82, 2.24) is 4.90 Å². The predicted molar refractivity (Wildman–Crippen MR) is 116 cm³/mol. The van der Waals surface area contributed by atoms with Crippen LogP contribution in [0.2, 0.25) is 0 Å². The molecule has 1 atom stereocenters. The molecule has 0 bridgehead atoms. The Kier molecular flexibility index (Phi) is 6.35. The molecular formula is C24H26N2O4. The minimum absolute atomic E-state index is 0.0310. The van der Waals surface area contributed by atoms with Crippen molar-refractivity contribution in [2.75, 3.05) is 11.9 Å². The third-order valence-electron chi connectivity index (χ3n) is 5.13. The lowest BCUT2D eigenvalue weighted by atomic mass is 9.94. The van der Waals surface area contributed by atoms with Gasteiger partial charge in [-0.3, -0.25) is 14.4 Å². The van der Waals surface area contributed by atoms with Crippen LogP contribution in [0, 0.1) is 20.8 Å². The van der Waals surface area contributed by atoms with Gasteiger partial charge in [0.25, 0.3) is 5.91 Å². The average molecular weight is 406 g/mol. The maximum Gasteiger partial charge on any atom is 0.308 e. The Morgan fingerprint density at radius 2 is 1.73 bits per heavy atom. The summed E-state index contributed by atoms with van der Waals surface area (Å²) in [6, 6.07) is 11.1. The highest BCUT2D eigenvalue weighted by atomic mass is 16.5. The molecule has 6 nitrogen and oxygen atoms in total. The van der Waals surface area contributed by atoms with Gasteiger partial charge in [0.05, 0.1) is 12.5 Å². The Bertz CT molecular complexity index is 1000. The number of ether oxygens (including phenoxy) is 1. The number of amides is 2. The number of aryl methyl sites for hydroxylation is 3. The molecule has 2 aromatic carbocycles. The van der Waals surface area contributed by atoms with E-state index in [1.165, 1.54) is 11.8 Å². The largest absolute Gasteiger partial charge is 0.455 e. The van der Waals surface area contributed by atoms with Crippen LogP contribution < -0.4 is 5.32 Å². The van der Waals surface area contributed by atoms with Crippen LogP contribution >= 0.6 is 0 Å². The van der Waals surface area contributed by atoms with Gasteiger partial charge in [0.15, 0.2) is 6.61 Å². The van der Waals surface area contributed by atoms with Gasteiger partial charge in [-0.2, -0.15) is 0 Å². The summed E-state index contributed by atoms with van der Waals surface area (Å²) in [5.74, 6) is -1.10. The molecule has 0 spiro atoms. The fourth-order valence-corrected chi connectivity index (χ4v) is 3.83. The first-order valence-corrected chi connectivity index (χ1v) is 9.85. The van der Waals surface area contributed by atoms with Crippen LogP contribution in [0.3, 0.4) is 0 Å². The summed E-state index contributed by atoms with van der Waals surface area (Å²) >= 11 is 0.